The molecule has 1 aliphatic heterocycles. The highest BCUT2D eigenvalue weighted by Gasteiger charge is 2.13. The summed E-state index contributed by atoms with van der Waals surface area (Å²) in [5.74, 6) is 2.60. The number of morpholine rings is 1. The number of nitrogens with zero attached hydrogens (tertiary/aromatic N) is 5. The maximum atomic E-state index is 5.95. The number of para-hydroxylation sites is 2. The van der Waals surface area contributed by atoms with Gasteiger partial charge in [-0.15, -0.1) is 0 Å². The molecule has 4 aromatic rings. The van der Waals surface area contributed by atoms with Crippen molar-refractivity contribution in [2.75, 3.05) is 42.3 Å². The standard InChI is InChI=1S/C21H22N8O/c22-21-27-17(14-5-6-20(24-12-14)29-7-9-30-10-8-29)11-18(28-21)23-13-19-25-15-3-1-2-4-16(15)26-19/h1-6,11-12H,7-10,13H2,(H,25,26)(H3,22,23,27,28). The molecule has 1 saturated heterocycles. The van der Waals surface area contributed by atoms with E-state index in [2.05, 4.69) is 35.1 Å². The summed E-state index contributed by atoms with van der Waals surface area (Å²) in [6, 6.07) is 13.8. The van der Waals surface area contributed by atoms with Crippen molar-refractivity contribution in [3.63, 3.8) is 0 Å². The number of fused-ring (bicyclic) bond motifs is 1. The summed E-state index contributed by atoms with van der Waals surface area (Å²) in [5, 5.41) is 3.27. The first kappa shape index (κ1) is 18.3. The van der Waals surface area contributed by atoms with Crippen molar-refractivity contribution in [2.45, 2.75) is 6.54 Å². The second-order valence-electron chi connectivity index (χ2n) is 7.06. The molecule has 30 heavy (non-hydrogen) atoms. The Morgan fingerprint density at radius 2 is 1.93 bits per heavy atom. The van der Waals surface area contributed by atoms with Crippen LogP contribution in [-0.4, -0.2) is 51.2 Å². The summed E-state index contributed by atoms with van der Waals surface area (Å²) in [6.07, 6.45) is 1.82. The minimum Gasteiger partial charge on any atom is -0.378 e. The average Bonchev–Trinajstić information content (AvgIpc) is 3.21. The van der Waals surface area contributed by atoms with Crippen molar-refractivity contribution < 1.29 is 4.74 Å². The summed E-state index contributed by atoms with van der Waals surface area (Å²) in [5.41, 5.74) is 9.48. The molecule has 0 unspecified atom stereocenters. The van der Waals surface area contributed by atoms with E-state index >= 15 is 0 Å². The Balaban J connectivity index is 1.32. The molecule has 5 rings (SSSR count). The number of anilines is 3. The summed E-state index contributed by atoms with van der Waals surface area (Å²) in [7, 11) is 0. The predicted molar refractivity (Wildman–Crippen MR) is 116 cm³/mol. The molecule has 3 aromatic heterocycles. The number of nitrogen functional groups attached to an aromatic ring is 1. The molecule has 1 aliphatic rings. The summed E-state index contributed by atoms with van der Waals surface area (Å²) >= 11 is 0. The lowest BCUT2D eigenvalue weighted by atomic mass is 10.2. The fraction of sp³-hybridized carbons (Fsp3) is 0.238. The zero-order chi connectivity index (χ0) is 20.3. The van der Waals surface area contributed by atoms with E-state index < -0.39 is 0 Å². The number of aromatic nitrogens is 5. The molecular weight excluding hydrogens is 380 g/mol. The van der Waals surface area contributed by atoms with Gasteiger partial charge in [-0.25, -0.2) is 15.0 Å². The fourth-order valence-electron chi connectivity index (χ4n) is 3.49. The first-order valence-corrected chi connectivity index (χ1v) is 9.86. The van der Waals surface area contributed by atoms with E-state index in [4.69, 9.17) is 10.5 Å². The van der Waals surface area contributed by atoms with E-state index in [0.29, 0.717) is 12.4 Å². The Hall–Kier alpha value is -3.72. The van der Waals surface area contributed by atoms with Crippen molar-refractivity contribution >= 4 is 28.6 Å². The first-order chi connectivity index (χ1) is 14.7. The number of hydrogen-bond acceptors (Lipinski definition) is 8. The van der Waals surface area contributed by atoms with Crippen LogP contribution in [0.2, 0.25) is 0 Å². The van der Waals surface area contributed by atoms with Crippen molar-refractivity contribution in [2.24, 2.45) is 0 Å². The number of H-pyrrole nitrogens is 1. The van der Waals surface area contributed by atoms with Crippen LogP contribution in [0.4, 0.5) is 17.6 Å². The van der Waals surface area contributed by atoms with Crippen molar-refractivity contribution in [1.82, 2.24) is 24.9 Å². The van der Waals surface area contributed by atoms with Crippen LogP contribution in [0.3, 0.4) is 0 Å². The van der Waals surface area contributed by atoms with E-state index in [1.807, 2.05) is 48.7 Å². The number of imidazole rings is 1. The summed E-state index contributed by atoms with van der Waals surface area (Å²) < 4.78 is 5.40. The van der Waals surface area contributed by atoms with Crippen LogP contribution in [0.1, 0.15) is 5.82 Å². The number of nitrogens with two attached hydrogens (primary N) is 1. The predicted octanol–water partition coefficient (Wildman–Crippen LogP) is 2.45. The van der Waals surface area contributed by atoms with Crippen LogP contribution in [0.5, 0.6) is 0 Å². The highest BCUT2D eigenvalue weighted by molar-refractivity contribution is 5.74. The van der Waals surface area contributed by atoms with Crippen molar-refractivity contribution in [3.8, 4) is 11.3 Å². The first-order valence-electron chi connectivity index (χ1n) is 9.86. The minimum atomic E-state index is 0.205. The Morgan fingerprint density at radius 3 is 2.73 bits per heavy atom. The Morgan fingerprint density at radius 1 is 1.07 bits per heavy atom. The van der Waals surface area contributed by atoms with Gasteiger partial charge in [0.25, 0.3) is 0 Å². The molecule has 0 atom stereocenters. The molecular formula is C21H22N8O. The zero-order valence-corrected chi connectivity index (χ0v) is 16.4. The second kappa shape index (κ2) is 7.96. The largest absolute Gasteiger partial charge is 0.378 e. The maximum Gasteiger partial charge on any atom is 0.222 e. The van der Waals surface area contributed by atoms with E-state index in [-0.39, 0.29) is 5.95 Å². The molecule has 0 amide bonds. The molecule has 0 bridgehead atoms. The van der Waals surface area contributed by atoms with E-state index in [1.165, 1.54) is 0 Å². The molecule has 9 heteroatoms. The number of rotatable bonds is 5. The van der Waals surface area contributed by atoms with Gasteiger partial charge in [-0.1, -0.05) is 12.1 Å². The third-order valence-corrected chi connectivity index (χ3v) is 5.00. The van der Waals surface area contributed by atoms with E-state index in [9.17, 15) is 0 Å². The van der Waals surface area contributed by atoms with Gasteiger partial charge in [0.2, 0.25) is 5.95 Å². The van der Waals surface area contributed by atoms with Crippen LogP contribution in [0.25, 0.3) is 22.3 Å². The normalized spacial score (nSPS) is 14.2. The highest BCUT2D eigenvalue weighted by atomic mass is 16.5. The molecule has 4 N–H and O–H groups in total. The van der Waals surface area contributed by atoms with Gasteiger partial charge in [-0.05, 0) is 24.3 Å². The van der Waals surface area contributed by atoms with Gasteiger partial charge in [0.15, 0.2) is 0 Å². The Labute approximate surface area is 173 Å². The van der Waals surface area contributed by atoms with Gasteiger partial charge in [0.1, 0.15) is 17.5 Å². The number of ether oxygens (including phenoxy) is 1. The highest BCUT2D eigenvalue weighted by Crippen LogP contribution is 2.23. The maximum absolute atomic E-state index is 5.95. The topological polar surface area (TPSA) is 118 Å². The summed E-state index contributed by atoms with van der Waals surface area (Å²) in [4.78, 5) is 23.3. The number of pyridine rings is 1. The third-order valence-electron chi connectivity index (χ3n) is 5.00. The van der Waals surface area contributed by atoms with Crippen LogP contribution in [-0.2, 0) is 11.3 Å². The molecule has 0 aliphatic carbocycles. The molecule has 0 spiro atoms. The Kier molecular flexibility index (Phi) is 4.86. The molecule has 0 radical (unpaired) electrons. The molecule has 152 valence electrons. The second-order valence-corrected chi connectivity index (χ2v) is 7.06. The lowest BCUT2D eigenvalue weighted by molar-refractivity contribution is 0.122. The summed E-state index contributed by atoms with van der Waals surface area (Å²) in [6.45, 7) is 3.66. The third kappa shape index (κ3) is 3.87. The minimum absolute atomic E-state index is 0.205. The zero-order valence-electron chi connectivity index (χ0n) is 16.4. The van der Waals surface area contributed by atoms with Crippen molar-refractivity contribution in [3.05, 3.63) is 54.5 Å². The molecule has 1 fully saturated rings. The van der Waals surface area contributed by atoms with Crippen LogP contribution in [0, 0.1) is 0 Å². The smallest absolute Gasteiger partial charge is 0.222 e. The van der Waals surface area contributed by atoms with Gasteiger partial charge >= 0.3 is 0 Å². The Bertz CT molecular complexity index is 1120. The van der Waals surface area contributed by atoms with E-state index in [0.717, 1.165) is 60.2 Å². The van der Waals surface area contributed by atoms with Gasteiger partial charge in [-0.3, -0.25) is 0 Å². The van der Waals surface area contributed by atoms with E-state index in [1.54, 1.807) is 0 Å². The molecule has 9 nitrogen and oxygen atoms in total. The quantitative estimate of drug-likeness (QED) is 0.466. The lowest BCUT2D eigenvalue weighted by Crippen LogP contribution is -2.36. The number of aromatic amines is 1. The monoisotopic (exact) mass is 402 g/mol. The van der Waals surface area contributed by atoms with Gasteiger partial charge in [-0.2, -0.15) is 4.98 Å². The number of nitrogens with one attached hydrogen (secondary N) is 2. The van der Waals surface area contributed by atoms with Crippen LogP contribution >= 0.6 is 0 Å². The van der Waals surface area contributed by atoms with Gasteiger partial charge in [0.05, 0.1) is 36.5 Å². The van der Waals surface area contributed by atoms with Gasteiger partial charge < -0.3 is 25.7 Å². The number of hydrogen-bond donors (Lipinski definition) is 3. The molecule has 0 saturated carbocycles. The van der Waals surface area contributed by atoms with Crippen LogP contribution in [0.15, 0.2) is 48.7 Å². The molecule has 4 heterocycles. The SMILES string of the molecule is Nc1nc(NCc2nc3ccccc3[nH]2)cc(-c2ccc(N3CCOCC3)nc2)n1. The molecule has 1 aromatic carbocycles. The van der Waals surface area contributed by atoms with Crippen molar-refractivity contribution in [1.29, 1.82) is 0 Å². The van der Waals surface area contributed by atoms with Crippen LogP contribution < -0.4 is 16.0 Å². The van der Waals surface area contributed by atoms with Gasteiger partial charge in [0, 0.05) is 30.9 Å². The lowest BCUT2D eigenvalue weighted by Gasteiger charge is -2.27. The fourth-order valence-corrected chi connectivity index (χ4v) is 3.49. The number of benzene rings is 1. The average molecular weight is 402 g/mol.